The van der Waals surface area contributed by atoms with Gasteiger partial charge in [-0.1, -0.05) is 72.8 Å². The van der Waals surface area contributed by atoms with Crippen LogP contribution >= 0.6 is 0 Å². The van der Waals surface area contributed by atoms with E-state index in [4.69, 9.17) is 4.74 Å². The molecule has 4 heterocycles. The highest BCUT2D eigenvalue weighted by molar-refractivity contribution is 6.72. The number of nitro benzene ring substituents is 1. The van der Waals surface area contributed by atoms with E-state index in [-0.39, 0.29) is 37.1 Å². The molecule has 0 bridgehead atoms. The van der Waals surface area contributed by atoms with Crippen LogP contribution in [-0.4, -0.2) is 62.9 Å². The SMILES string of the molecule is C[C@H]1[C@H]([Si](C)(C)F)[C@@H](CCn2cc(C(CO)c3ccccc3)nn2)O[C@]12C(=O)N(Cc1ccc(NC(=O)Cc3c[nH]c4ccccc34)cc1)c1ccc([N+](=O)[O-])cc12. The third-order valence-corrected chi connectivity index (χ3v) is 14.2. The number of para-hydroxylation sites is 1. The van der Waals surface area contributed by atoms with Gasteiger partial charge in [-0.25, -0.2) is 0 Å². The van der Waals surface area contributed by atoms with Crippen molar-refractivity contribution >= 4 is 48.2 Å². The smallest absolute Gasteiger partial charge is 0.269 e. The first kappa shape index (κ1) is 38.8. The summed E-state index contributed by atoms with van der Waals surface area (Å²) in [5.41, 5.74) is 3.01. The monoisotopic (exact) mass is 801 g/mol. The number of hydrogen-bond donors (Lipinski definition) is 3. The van der Waals surface area contributed by atoms with E-state index >= 15 is 4.11 Å². The molecule has 5 atom stereocenters. The van der Waals surface area contributed by atoms with Crippen LogP contribution in [0.1, 0.15) is 47.2 Å². The number of aliphatic hydroxyl groups excluding tert-OH is 1. The van der Waals surface area contributed by atoms with Crippen LogP contribution in [0.25, 0.3) is 10.9 Å². The fraction of sp³-hybridized carbons (Fsp3) is 0.302. The van der Waals surface area contributed by atoms with Crippen molar-refractivity contribution in [3.05, 3.63) is 148 Å². The van der Waals surface area contributed by atoms with E-state index in [1.54, 1.807) is 47.1 Å². The third kappa shape index (κ3) is 7.09. The number of anilines is 2. The van der Waals surface area contributed by atoms with Gasteiger partial charge < -0.3 is 29.2 Å². The molecule has 0 aliphatic carbocycles. The molecule has 2 amide bonds. The number of H-pyrrole nitrogens is 1. The Labute approximate surface area is 335 Å². The van der Waals surface area contributed by atoms with Crippen LogP contribution in [0, 0.1) is 16.0 Å². The summed E-state index contributed by atoms with van der Waals surface area (Å²) in [6, 6.07) is 28.8. The molecule has 298 valence electrons. The van der Waals surface area contributed by atoms with Crippen LogP contribution in [0.2, 0.25) is 18.6 Å². The van der Waals surface area contributed by atoms with Gasteiger partial charge in [-0.2, -0.15) is 0 Å². The first-order chi connectivity index (χ1) is 27.9. The van der Waals surface area contributed by atoms with E-state index in [2.05, 4.69) is 20.6 Å². The molecule has 58 heavy (non-hydrogen) atoms. The minimum Gasteiger partial charge on any atom is -0.395 e. The number of aromatic amines is 1. The summed E-state index contributed by atoms with van der Waals surface area (Å²) in [6.45, 7) is 5.29. The van der Waals surface area contributed by atoms with Crippen LogP contribution in [0.15, 0.2) is 109 Å². The Hall–Kier alpha value is -6.03. The van der Waals surface area contributed by atoms with E-state index < -0.39 is 42.4 Å². The number of benzene rings is 4. The van der Waals surface area contributed by atoms with Crippen molar-refractivity contribution in [3.8, 4) is 0 Å². The van der Waals surface area contributed by atoms with Crippen LogP contribution in [0.4, 0.5) is 21.2 Å². The van der Waals surface area contributed by atoms with Gasteiger partial charge in [-0.15, -0.1) is 5.10 Å². The van der Waals surface area contributed by atoms with Crippen molar-refractivity contribution in [3.63, 3.8) is 0 Å². The van der Waals surface area contributed by atoms with Crippen molar-refractivity contribution in [2.75, 3.05) is 16.8 Å². The van der Waals surface area contributed by atoms with E-state index in [0.29, 0.717) is 35.6 Å². The number of aliphatic hydroxyl groups is 1. The number of fused-ring (bicyclic) bond motifs is 3. The van der Waals surface area contributed by atoms with Gasteiger partial charge in [0.15, 0.2) is 5.60 Å². The molecule has 1 spiro atoms. The predicted octanol–water partition coefficient (Wildman–Crippen LogP) is 7.39. The summed E-state index contributed by atoms with van der Waals surface area (Å²) in [5.74, 6) is -1.60. The number of halogens is 1. The molecular weight excluding hydrogens is 758 g/mol. The molecular formula is C43H44FN7O6Si. The average Bonchev–Trinajstić information content (AvgIpc) is 3.97. The number of aromatic nitrogens is 4. The summed E-state index contributed by atoms with van der Waals surface area (Å²) < 4.78 is 25.0. The Morgan fingerprint density at radius 1 is 1.09 bits per heavy atom. The van der Waals surface area contributed by atoms with Crippen LogP contribution in [0.5, 0.6) is 0 Å². The zero-order valence-electron chi connectivity index (χ0n) is 32.3. The van der Waals surface area contributed by atoms with Crippen molar-refractivity contribution in [2.45, 2.75) is 69.1 Å². The Kier molecular flexibility index (Phi) is 10.3. The largest absolute Gasteiger partial charge is 0.395 e. The number of nitrogens with one attached hydrogen (secondary N) is 2. The maximum Gasteiger partial charge on any atom is 0.269 e. The van der Waals surface area contributed by atoms with Gasteiger partial charge in [0.05, 0.1) is 47.9 Å². The number of hydrogen-bond acceptors (Lipinski definition) is 8. The second-order valence-corrected chi connectivity index (χ2v) is 19.5. The number of amides is 2. The number of carbonyl (C=O) groups is 2. The molecule has 15 heteroatoms. The molecule has 2 aromatic heterocycles. The van der Waals surface area contributed by atoms with Gasteiger partial charge in [-0.3, -0.25) is 24.4 Å². The molecule has 0 saturated carbocycles. The molecule has 4 aromatic carbocycles. The average molecular weight is 802 g/mol. The lowest BCUT2D eigenvalue weighted by Gasteiger charge is -2.31. The second-order valence-electron chi connectivity index (χ2n) is 15.7. The number of aryl methyl sites for hydroxylation is 1. The highest BCUT2D eigenvalue weighted by Crippen LogP contribution is 2.60. The molecule has 13 nitrogen and oxygen atoms in total. The van der Waals surface area contributed by atoms with Crippen molar-refractivity contribution in [1.29, 1.82) is 0 Å². The third-order valence-electron chi connectivity index (χ3n) is 11.7. The Morgan fingerprint density at radius 3 is 2.55 bits per heavy atom. The lowest BCUT2D eigenvalue weighted by atomic mass is 9.82. The van der Waals surface area contributed by atoms with E-state index in [9.17, 15) is 24.8 Å². The summed E-state index contributed by atoms with van der Waals surface area (Å²) in [7, 11) is -3.53. The lowest BCUT2D eigenvalue weighted by Crippen LogP contribution is -2.45. The van der Waals surface area contributed by atoms with Gasteiger partial charge in [0.25, 0.3) is 11.6 Å². The normalized spacial score (nSPS) is 20.8. The van der Waals surface area contributed by atoms with E-state index in [0.717, 1.165) is 27.6 Å². The van der Waals surface area contributed by atoms with Gasteiger partial charge >= 0.3 is 0 Å². The summed E-state index contributed by atoms with van der Waals surface area (Å²) in [5, 5.41) is 34.8. The van der Waals surface area contributed by atoms with E-state index in [1.165, 1.54) is 12.1 Å². The summed E-state index contributed by atoms with van der Waals surface area (Å²) in [6.07, 6.45) is 3.39. The van der Waals surface area contributed by atoms with Gasteiger partial charge in [-0.05, 0) is 60.5 Å². The summed E-state index contributed by atoms with van der Waals surface area (Å²) in [4.78, 5) is 44.2. The molecule has 8 rings (SSSR count). The number of ether oxygens (including phenoxy) is 1. The molecule has 1 unspecified atom stereocenters. The number of nitrogens with zero attached hydrogens (tertiary/aromatic N) is 5. The zero-order valence-corrected chi connectivity index (χ0v) is 33.3. The highest BCUT2D eigenvalue weighted by atomic mass is 28.4. The number of rotatable bonds is 13. The molecule has 3 N–H and O–H groups in total. The molecule has 0 radical (unpaired) electrons. The van der Waals surface area contributed by atoms with Crippen molar-refractivity contribution in [2.24, 2.45) is 5.92 Å². The van der Waals surface area contributed by atoms with Crippen molar-refractivity contribution in [1.82, 2.24) is 20.0 Å². The Balaban J connectivity index is 1.03. The maximum atomic E-state index is 16.5. The van der Waals surface area contributed by atoms with Gasteiger partial charge in [0.2, 0.25) is 14.3 Å². The number of carbonyl (C=O) groups excluding carboxylic acids is 2. The Bertz CT molecular complexity index is 2490. The van der Waals surface area contributed by atoms with E-state index in [1.807, 2.05) is 79.9 Å². The number of non-ortho nitro benzene ring substituents is 1. The highest BCUT2D eigenvalue weighted by Gasteiger charge is 2.67. The van der Waals surface area contributed by atoms with Gasteiger partial charge in [0, 0.05) is 64.7 Å². The molecule has 2 aliphatic heterocycles. The lowest BCUT2D eigenvalue weighted by molar-refractivity contribution is -0.385. The summed E-state index contributed by atoms with van der Waals surface area (Å²) >= 11 is 0. The van der Waals surface area contributed by atoms with Crippen LogP contribution in [0.3, 0.4) is 0 Å². The van der Waals surface area contributed by atoms with Gasteiger partial charge in [0.1, 0.15) is 0 Å². The fourth-order valence-electron chi connectivity index (χ4n) is 9.00. The van der Waals surface area contributed by atoms with Crippen LogP contribution in [-0.2, 0) is 39.4 Å². The molecule has 1 fully saturated rings. The zero-order chi connectivity index (χ0) is 40.8. The first-order valence-corrected chi connectivity index (χ1v) is 22.3. The Morgan fingerprint density at radius 2 is 1.83 bits per heavy atom. The van der Waals surface area contributed by atoms with Crippen LogP contribution < -0.4 is 10.2 Å². The second kappa shape index (κ2) is 15.4. The number of nitro groups is 1. The minimum absolute atomic E-state index is 0.117. The molecule has 2 aliphatic rings. The first-order valence-electron chi connectivity index (χ1n) is 19.3. The fourth-order valence-corrected chi connectivity index (χ4v) is 11.5. The minimum atomic E-state index is -3.53. The predicted molar refractivity (Wildman–Crippen MR) is 219 cm³/mol. The van der Waals surface area contributed by atoms with Crippen molar-refractivity contribution < 1.29 is 28.5 Å². The topological polar surface area (TPSA) is 169 Å². The molecule has 1 saturated heterocycles. The maximum absolute atomic E-state index is 16.5. The molecule has 6 aromatic rings. The quantitative estimate of drug-likeness (QED) is 0.0471. The standard InChI is InChI=1S/C43H44FN7O6Si/c1-27-41(58(2,3)44)39(19-20-49-25-37(47-48-49)34(26-52)29-9-5-4-6-10-29)57-43(27)35-22-32(51(55)56)17-18-38(35)50(42(43)54)24-28-13-15-31(16-14-28)46-40(53)21-30-23-45-36-12-8-7-11-33(30)36/h4-18,22-23,25,27,34,39,41,45,52H,19-21,24,26H2,1-3H3,(H,46,53)/t27-,34?,39+,41-,43+/m0/s1.